The van der Waals surface area contributed by atoms with E-state index in [1.54, 1.807) is 0 Å². The molecule has 1 aliphatic heterocycles. The number of amides is 1. The molecule has 130 valence electrons. The fourth-order valence-corrected chi connectivity index (χ4v) is 3.33. The van der Waals surface area contributed by atoms with Crippen molar-refractivity contribution in [3.8, 4) is 0 Å². The van der Waals surface area contributed by atoms with Gasteiger partial charge in [-0.3, -0.25) is 4.79 Å². The second kappa shape index (κ2) is 8.90. The first-order valence-electron chi connectivity index (χ1n) is 8.41. The molecule has 0 spiro atoms. The zero-order valence-corrected chi connectivity index (χ0v) is 15.0. The van der Waals surface area contributed by atoms with Crippen molar-refractivity contribution < 1.29 is 4.79 Å². The summed E-state index contributed by atoms with van der Waals surface area (Å²) in [6.45, 7) is 3.56. The Morgan fingerprint density at radius 1 is 1.21 bits per heavy atom. The van der Waals surface area contributed by atoms with Crippen molar-refractivity contribution in [2.45, 2.75) is 19.4 Å². The molecule has 1 aliphatic rings. The maximum Gasteiger partial charge on any atom is 0.270 e. The third-order valence-corrected chi connectivity index (χ3v) is 4.60. The summed E-state index contributed by atoms with van der Waals surface area (Å²) >= 11 is 0. The lowest BCUT2D eigenvalue weighted by molar-refractivity contribution is 0.0776. The van der Waals surface area contributed by atoms with E-state index in [4.69, 9.17) is 0 Å². The summed E-state index contributed by atoms with van der Waals surface area (Å²) in [5.41, 5.74) is 2.11. The van der Waals surface area contributed by atoms with Crippen LogP contribution in [0.15, 0.2) is 48.7 Å². The van der Waals surface area contributed by atoms with Gasteiger partial charge in [0.1, 0.15) is 5.69 Å². The van der Waals surface area contributed by atoms with Gasteiger partial charge in [-0.05, 0) is 50.0 Å². The van der Waals surface area contributed by atoms with Crippen LogP contribution in [0.1, 0.15) is 22.5 Å². The first-order valence-corrected chi connectivity index (χ1v) is 8.41. The quantitative estimate of drug-likeness (QED) is 0.872. The monoisotopic (exact) mass is 347 g/mol. The maximum absolute atomic E-state index is 12.8. The standard InChI is InChI=1S/C19H25N3O.ClH/c1-20-14-17-10-13-22(15-17)19(23)18-8-5-11-21(18)12-9-16-6-3-2-4-7-16;/h2-8,11,17,20H,9-10,12-15H2,1H3;1H. The van der Waals surface area contributed by atoms with Gasteiger partial charge >= 0.3 is 0 Å². The number of carbonyl (C=O) groups excluding carboxylic acids is 1. The second-order valence-electron chi connectivity index (χ2n) is 6.29. The number of likely N-dealkylation sites (tertiary alicyclic amines) is 1. The molecule has 1 N–H and O–H groups in total. The van der Waals surface area contributed by atoms with Gasteiger partial charge < -0.3 is 14.8 Å². The maximum atomic E-state index is 12.8. The zero-order chi connectivity index (χ0) is 16.1. The normalized spacial score (nSPS) is 16.9. The Bertz CT molecular complexity index is 641. The van der Waals surface area contributed by atoms with Gasteiger partial charge in [-0.1, -0.05) is 30.3 Å². The summed E-state index contributed by atoms with van der Waals surface area (Å²) in [7, 11) is 1.97. The third-order valence-electron chi connectivity index (χ3n) is 4.60. The van der Waals surface area contributed by atoms with Crippen LogP contribution in [0.25, 0.3) is 0 Å². The average molecular weight is 348 g/mol. The Hall–Kier alpha value is -1.78. The molecule has 2 aromatic rings. The van der Waals surface area contributed by atoms with E-state index in [9.17, 15) is 4.79 Å². The minimum absolute atomic E-state index is 0. The minimum Gasteiger partial charge on any atom is -0.343 e. The lowest BCUT2D eigenvalue weighted by atomic mass is 10.1. The molecule has 1 aromatic heterocycles. The molecule has 24 heavy (non-hydrogen) atoms. The number of nitrogens with one attached hydrogen (secondary N) is 1. The molecule has 2 heterocycles. The molecule has 1 amide bonds. The second-order valence-corrected chi connectivity index (χ2v) is 6.29. The number of hydrogen-bond donors (Lipinski definition) is 1. The van der Waals surface area contributed by atoms with E-state index in [1.807, 2.05) is 36.3 Å². The molecule has 1 saturated heterocycles. The van der Waals surface area contributed by atoms with E-state index in [1.165, 1.54) is 5.56 Å². The van der Waals surface area contributed by atoms with Crippen LogP contribution in [0.5, 0.6) is 0 Å². The summed E-state index contributed by atoms with van der Waals surface area (Å²) in [5.74, 6) is 0.748. The number of carbonyl (C=O) groups is 1. The highest BCUT2D eigenvalue weighted by Gasteiger charge is 2.27. The fourth-order valence-electron chi connectivity index (χ4n) is 3.33. The highest BCUT2D eigenvalue weighted by Crippen LogP contribution is 2.18. The van der Waals surface area contributed by atoms with Crippen LogP contribution in [-0.2, 0) is 13.0 Å². The highest BCUT2D eigenvalue weighted by molar-refractivity contribution is 5.93. The van der Waals surface area contributed by atoms with Gasteiger partial charge in [0, 0.05) is 25.8 Å². The first kappa shape index (κ1) is 18.6. The molecule has 0 radical (unpaired) electrons. The van der Waals surface area contributed by atoms with Crippen LogP contribution in [-0.4, -0.2) is 42.1 Å². The number of benzene rings is 1. The molecule has 1 aromatic carbocycles. The Morgan fingerprint density at radius 3 is 2.75 bits per heavy atom. The Labute approximate surface area is 150 Å². The van der Waals surface area contributed by atoms with Crippen molar-refractivity contribution in [2.24, 2.45) is 5.92 Å². The van der Waals surface area contributed by atoms with Crippen LogP contribution >= 0.6 is 12.4 Å². The predicted molar refractivity (Wildman–Crippen MR) is 99.8 cm³/mol. The van der Waals surface area contributed by atoms with Crippen LogP contribution in [0.4, 0.5) is 0 Å². The smallest absolute Gasteiger partial charge is 0.270 e. The molecule has 0 saturated carbocycles. The lowest BCUT2D eigenvalue weighted by Crippen LogP contribution is -2.31. The van der Waals surface area contributed by atoms with Crippen molar-refractivity contribution >= 4 is 18.3 Å². The topological polar surface area (TPSA) is 37.3 Å². The van der Waals surface area contributed by atoms with Gasteiger partial charge in [0.05, 0.1) is 0 Å². The molecule has 1 atom stereocenters. The molecular weight excluding hydrogens is 322 g/mol. The summed E-state index contributed by atoms with van der Waals surface area (Å²) in [4.78, 5) is 14.8. The van der Waals surface area contributed by atoms with Crippen molar-refractivity contribution in [1.29, 1.82) is 0 Å². The summed E-state index contributed by atoms with van der Waals surface area (Å²) in [6, 6.07) is 14.3. The number of rotatable bonds is 6. The molecule has 5 heteroatoms. The van der Waals surface area contributed by atoms with Crippen molar-refractivity contribution in [1.82, 2.24) is 14.8 Å². The predicted octanol–water partition coefficient (Wildman–Crippen LogP) is 2.83. The van der Waals surface area contributed by atoms with Crippen LogP contribution < -0.4 is 5.32 Å². The van der Waals surface area contributed by atoms with Gasteiger partial charge in [-0.2, -0.15) is 0 Å². The molecule has 1 fully saturated rings. The van der Waals surface area contributed by atoms with E-state index < -0.39 is 0 Å². The Kier molecular flexibility index (Phi) is 6.88. The van der Waals surface area contributed by atoms with E-state index in [0.29, 0.717) is 5.92 Å². The van der Waals surface area contributed by atoms with Crippen LogP contribution in [0.2, 0.25) is 0 Å². The first-order chi connectivity index (χ1) is 11.3. The lowest BCUT2D eigenvalue weighted by Gasteiger charge is -2.18. The zero-order valence-electron chi connectivity index (χ0n) is 14.1. The summed E-state index contributed by atoms with van der Waals surface area (Å²) < 4.78 is 2.08. The Morgan fingerprint density at radius 2 is 2.00 bits per heavy atom. The van der Waals surface area contributed by atoms with E-state index >= 15 is 0 Å². The summed E-state index contributed by atoms with van der Waals surface area (Å²) in [6.07, 6.45) is 4.05. The number of hydrogen-bond acceptors (Lipinski definition) is 2. The number of aromatic nitrogens is 1. The van der Waals surface area contributed by atoms with Gasteiger partial charge in [-0.15, -0.1) is 12.4 Å². The van der Waals surface area contributed by atoms with E-state index in [-0.39, 0.29) is 18.3 Å². The number of nitrogens with zero attached hydrogens (tertiary/aromatic N) is 2. The number of halogens is 1. The molecule has 0 bridgehead atoms. The van der Waals surface area contributed by atoms with Crippen LogP contribution in [0, 0.1) is 5.92 Å². The van der Waals surface area contributed by atoms with Crippen molar-refractivity contribution in [3.05, 3.63) is 59.9 Å². The van der Waals surface area contributed by atoms with Gasteiger partial charge in [0.2, 0.25) is 0 Å². The Balaban J connectivity index is 0.00000208. The largest absolute Gasteiger partial charge is 0.343 e. The van der Waals surface area contributed by atoms with E-state index in [0.717, 1.165) is 44.7 Å². The number of aryl methyl sites for hydroxylation is 2. The molecular formula is C19H26ClN3O. The van der Waals surface area contributed by atoms with Gasteiger partial charge in [-0.25, -0.2) is 0 Å². The van der Waals surface area contributed by atoms with Crippen molar-refractivity contribution in [3.63, 3.8) is 0 Å². The molecule has 1 unspecified atom stereocenters. The average Bonchev–Trinajstić information content (AvgIpc) is 3.23. The van der Waals surface area contributed by atoms with Crippen LogP contribution in [0.3, 0.4) is 0 Å². The summed E-state index contributed by atoms with van der Waals surface area (Å²) in [5, 5.41) is 3.21. The van der Waals surface area contributed by atoms with E-state index in [2.05, 4.69) is 34.1 Å². The molecule has 4 nitrogen and oxygen atoms in total. The van der Waals surface area contributed by atoms with Gasteiger partial charge in [0.25, 0.3) is 5.91 Å². The highest BCUT2D eigenvalue weighted by atomic mass is 35.5. The van der Waals surface area contributed by atoms with Gasteiger partial charge in [0.15, 0.2) is 0 Å². The fraction of sp³-hybridized carbons (Fsp3) is 0.421. The molecule has 0 aliphatic carbocycles. The van der Waals surface area contributed by atoms with Crippen molar-refractivity contribution in [2.75, 3.05) is 26.7 Å². The SMILES string of the molecule is CNCC1CCN(C(=O)c2cccn2CCc2ccccc2)C1.Cl. The molecule has 3 rings (SSSR count). The minimum atomic E-state index is 0. The third kappa shape index (κ3) is 4.40.